The molecule has 1 aliphatic carbocycles. The molecule has 4 rings (SSSR count). The Kier molecular flexibility index (Phi) is 5.21. The molecular weight excluding hydrogens is 340 g/mol. The van der Waals surface area contributed by atoms with Crippen molar-refractivity contribution in [3.05, 3.63) is 58.7 Å². The highest BCUT2D eigenvalue weighted by atomic mass is 32.2. The van der Waals surface area contributed by atoms with Gasteiger partial charge in [-0.2, -0.15) is 0 Å². The van der Waals surface area contributed by atoms with Crippen LogP contribution >= 0.6 is 11.8 Å². The van der Waals surface area contributed by atoms with Gasteiger partial charge in [0.1, 0.15) is 0 Å². The normalized spacial score (nSPS) is 15.5. The van der Waals surface area contributed by atoms with E-state index in [1.54, 1.807) is 11.8 Å². The number of carbonyl (C=O) groups is 1. The number of nitrogens with one attached hydrogen (secondary N) is 1. The topological polar surface area (TPSA) is 32.3 Å². The van der Waals surface area contributed by atoms with Gasteiger partial charge in [-0.15, -0.1) is 11.8 Å². The van der Waals surface area contributed by atoms with E-state index in [1.165, 1.54) is 58.5 Å². The fraction of sp³-hybridized carbons (Fsp3) is 0.409. The fourth-order valence-electron chi connectivity index (χ4n) is 3.99. The Bertz CT molecular complexity index is 818. The molecule has 0 fully saturated rings. The third-order valence-corrected chi connectivity index (χ3v) is 6.42. The average Bonchev–Trinajstić information content (AvgIpc) is 3.12. The summed E-state index contributed by atoms with van der Waals surface area (Å²) >= 11 is 1.63. The van der Waals surface area contributed by atoms with Crippen molar-refractivity contribution in [3.63, 3.8) is 0 Å². The number of hydrogen-bond donors (Lipinski definition) is 1. The van der Waals surface area contributed by atoms with E-state index in [9.17, 15) is 4.79 Å². The monoisotopic (exact) mass is 366 g/mol. The van der Waals surface area contributed by atoms with Crippen LogP contribution in [0.25, 0.3) is 0 Å². The van der Waals surface area contributed by atoms with Crippen molar-refractivity contribution in [2.75, 3.05) is 24.2 Å². The summed E-state index contributed by atoms with van der Waals surface area (Å²) in [5.41, 5.74) is 6.87. The standard InChI is InChI=1S/C22H26N2OS/c1-24-11-3-6-19-12-16(7-10-21(19)24)14-23-22(25)15-26-20-9-8-17-4-2-5-18(17)13-20/h7-10,12-13H,2-6,11,14-15H2,1H3,(H,23,25). The quantitative estimate of drug-likeness (QED) is 0.813. The van der Waals surface area contributed by atoms with Gasteiger partial charge in [-0.1, -0.05) is 18.2 Å². The molecule has 1 amide bonds. The van der Waals surface area contributed by atoms with E-state index in [0.29, 0.717) is 12.3 Å². The number of benzene rings is 2. The van der Waals surface area contributed by atoms with Gasteiger partial charge in [0.15, 0.2) is 0 Å². The number of hydrogen-bond acceptors (Lipinski definition) is 3. The minimum Gasteiger partial charge on any atom is -0.374 e. The summed E-state index contributed by atoms with van der Waals surface area (Å²) in [5.74, 6) is 0.581. The molecule has 2 aromatic carbocycles. The summed E-state index contributed by atoms with van der Waals surface area (Å²) in [4.78, 5) is 15.7. The molecule has 0 saturated heterocycles. The molecule has 0 saturated carbocycles. The fourth-order valence-corrected chi connectivity index (χ4v) is 4.78. The molecule has 3 nitrogen and oxygen atoms in total. The highest BCUT2D eigenvalue weighted by molar-refractivity contribution is 8.00. The van der Waals surface area contributed by atoms with E-state index in [0.717, 1.165) is 13.0 Å². The molecule has 1 N–H and O–H groups in total. The van der Waals surface area contributed by atoms with Crippen LogP contribution < -0.4 is 10.2 Å². The zero-order valence-electron chi connectivity index (χ0n) is 15.4. The van der Waals surface area contributed by atoms with Crippen LogP contribution in [0.3, 0.4) is 0 Å². The lowest BCUT2D eigenvalue weighted by Gasteiger charge is -2.27. The lowest BCUT2D eigenvalue weighted by molar-refractivity contribution is -0.118. The van der Waals surface area contributed by atoms with Crippen LogP contribution in [0.1, 0.15) is 35.1 Å². The van der Waals surface area contributed by atoms with Crippen molar-refractivity contribution in [2.45, 2.75) is 43.5 Å². The SMILES string of the molecule is CN1CCCc2cc(CNC(=O)CSc3ccc4c(c3)CCC4)ccc21. The second kappa shape index (κ2) is 7.75. The van der Waals surface area contributed by atoms with Crippen LogP contribution in [-0.4, -0.2) is 25.3 Å². The highest BCUT2D eigenvalue weighted by Crippen LogP contribution is 2.28. The van der Waals surface area contributed by atoms with Crippen molar-refractivity contribution in [1.82, 2.24) is 5.32 Å². The molecular formula is C22H26N2OS. The molecule has 2 aliphatic rings. The molecule has 0 spiro atoms. The van der Waals surface area contributed by atoms with Crippen LogP contribution in [-0.2, 0) is 30.6 Å². The maximum absolute atomic E-state index is 12.2. The molecule has 1 heterocycles. The van der Waals surface area contributed by atoms with Crippen LogP contribution in [0.4, 0.5) is 5.69 Å². The smallest absolute Gasteiger partial charge is 0.230 e. The second-order valence-corrected chi connectivity index (χ2v) is 8.39. The lowest BCUT2D eigenvalue weighted by Crippen LogP contribution is -2.26. The summed E-state index contributed by atoms with van der Waals surface area (Å²) < 4.78 is 0. The Morgan fingerprint density at radius 3 is 2.81 bits per heavy atom. The minimum atomic E-state index is 0.102. The molecule has 0 unspecified atom stereocenters. The van der Waals surface area contributed by atoms with E-state index >= 15 is 0 Å². The molecule has 4 heteroatoms. The first-order chi connectivity index (χ1) is 12.7. The molecule has 0 radical (unpaired) electrons. The van der Waals surface area contributed by atoms with E-state index in [-0.39, 0.29) is 5.91 Å². The Balaban J connectivity index is 1.29. The minimum absolute atomic E-state index is 0.102. The molecule has 0 bridgehead atoms. The predicted octanol–water partition coefficient (Wildman–Crippen LogP) is 3.97. The third kappa shape index (κ3) is 3.90. The second-order valence-electron chi connectivity index (χ2n) is 7.34. The van der Waals surface area contributed by atoms with Gasteiger partial charge >= 0.3 is 0 Å². The van der Waals surface area contributed by atoms with Gasteiger partial charge in [0.05, 0.1) is 5.75 Å². The van der Waals surface area contributed by atoms with Crippen molar-refractivity contribution < 1.29 is 4.79 Å². The maximum Gasteiger partial charge on any atom is 0.230 e. The van der Waals surface area contributed by atoms with Gasteiger partial charge in [0.25, 0.3) is 0 Å². The summed E-state index contributed by atoms with van der Waals surface area (Å²) in [5, 5.41) is 3.07. The first-order valence-corrected chi connectivity index (χ1v) is 10.5. The van der Waals surface area contributed by atoms with Gasteiger partial charge in [-0.3, -0.25) is 4.79 Å². The van der Waals surface area contributed by atoms with E-state index in [1.807, 2.05) is 0 Å². The number of thioether (sulfide) groups is 1. The van der Waals surface area contributed by atoms with Crippen molar-refractivity contribution >= 4 is 23.4 Å². The number of carbonyl (C=O) groups excluding carboxylic acids is 1. The Morgan fingerprint density at radius 2 is 1.88 bits per heavy atom. The Morgan fingerprint density at radius 1 is 1.04 bits per heavy atom. The number of amides is 1. The summed E-state index contributed by atoms with van der Waals surface area (Å²) in [6.45, 7) is 1.74. The molecule has 2 aromatic rings. The third-order valence-electron chi connectivity index (χ3n) is 5.42. The van der Waals surface area contributed by atoms with Crippen molar-refractivity contribution in [3.8, 4) is 0 Å². The predicted molar refractivity (Wildman–Crippen MR) is 109 cm³/mol. The molecule has 1 aliphatic heterocycles. The van der Waals surface area contributed by atoms with Crippen molar-refractivity contribution in [1.29, 1.82) is 0 Å². The van der Waals surface area contributed by atoms with Crippen molar-refractivity contribution in [2.24, 2.45) is 0 Å². The summed E-state index contributed by atoms with van der Waals surface area (Å²) in [7, 11) is 2.15. The maximum atomic E-state index is 12.2. The molecule has 0 aromatic heterocycles. The number of rotatable bonds is 5. The number of nitrogens with zero attached hydrogens (tertiary/aromatic N) is 1. The molecule has 26 heavy (non-hydrogen) atoms. The highest BCUT2D eigenvalue weighted by Gasteiger charge is 2.14. The van der Waals surface area contributed by atoms with Gasteiger partial charge in [0.2, 0.25) is 5.91 Å². The zero-order chi connectivity index (χ0) is 17.9. The number of aryl methyl sites for hydroxylation is 3. The number of fused-ring (bicyclic) bond motifs is 2. The first-order valence-electron chi connectivity index (χ1n) is 9.53. The van der Waals surface area contributed by atoms with E-state index < -0.39 is 0 Å². The average molecular weight is 367 g/mol. The van der Waals surface area contributed by atoms with Crippen LogP contribution in [0.2, 0.25) is 0 Å². The summed E-state index contributed by atoms with van der Waals surface area (Å²) in [6.07, 6.45) is 5.99. The van der Waals surface area contributed by atoms with Gasteiger partial charge < -0.3 is 10.2 Å². The largest absolute Gasteiger partial charge is 0.374 e. The van der Waals surface area contributed by atoms with Gasteiger partial charge in [-0.05, 0) is 72.6 Å². The lowest BCUT2D eigenvalue weighted by atomic mass is 9.99. The van der Waals surface area contributed by atoms with Crippen LogP contribution in [0.5, 0.6) is 0 Å². The number of anilines is 1. The first kappa shape index (κ1) is 17.5. The molecule has 0 atom stereocenters. The van der Waals surface area contributed by atoms with E-state index in [4.69, 9.17) is 0 Å². The Labute approximate surface area is 160 Å². The Hall–Kier alpha value is -1.94. The molecule has 136 valence electrons. The van der Waals surface area contributed by atoms with Crippen LogP contribution in [0.15, 0.2) is 41.3 Å². The van der Waals surface area contributed by atoms with Gasteiger partial charge in [-0.25, -0.2) is 0 Å². The van der Waals surface area contributed by atoms with Crippen LogP contribution in [0, 0.1) is 0 Å². The van der Waals surface area contributed by atoms with E-state index in [2.05, 4.69) is 53.7 Å². The summed E-state index contributed by atoms with van der Waals surface area (Å²) in [6, 6.07) is 13.2. The zero-order valence-corrected chi connectivity index (χ0v) is 16.2. The van der Waals surface area contributed by atoms with Gasteiger partial charge in [0, 0.05) is 30.7 Å².